The van der Waals surface area contributed by atoms with E-state index in [4.69, 9.17) is 0 Å². The smallest absolute Gasteiger partial charge is 0.254 e. The molecule has 1 saturated heterocycles. The number of carbonyl (C=O) groups excluding carboxylic acids is 1. The van der Waals surface area contributed by atoms with Crippen molar-refractivity contribution in [3.8, 4) is 0 Å². The number of nitrogens with zero attached hydrogens (tertiary/aromatic N) is 1. The summed E-state index contributed by atoms with van der Waals surface area (Å²) in [6.07, 6.45) is 2.12. The second-order valence-corrected chi connectivity index (χ2v) is 8.00. The van der Waals surface area contributed by atoms with Crippen molar-refractivity contribution in [3.05, 3.63) is 29.3 Å². The zero-order valence-electron chi connectivity index (χ0n) is 12.6. The van der Waals surface area contributed by atoms with Crippen LogP contribution in [0.2, 0.25) is 0 Å². The minimum atomic E-state index is 0. The predicted octanol–water partition coefficient (Wildman–Crippen LogP) is 3.43. The van der Waals surface area contributed by atoms with Crippen molar-refractivity contribution in [1.29, 1.82) is 0 Å². The average molecular weight is 327 g/mol. The van der Waals surface area contributed by atoms with Crippen molar-refractivity contribution in [2.45, 2.75) is 31.4 Å². The molecule has 0 unspecified atom stereocenters. The first-order valence-electron chi connectivity index (χ1n) is 7.36. The molecule has 2 aliphatic heterocycles. The Hall–Kier alpha value is -0.870. The van der Waals surface area contributed by atoms with Crippen molar-refractivity contribution in [3.63, 3.8) is 0 Å². The van der Waals surface area contributed by atoms with E-state index in [2.05, 4.69) is 25.2 Å². The third-order valence-electron chi connectivity index (χ3n) is 4.04. The third-order valence-corrected chi connectivity index (χ3v) is 5.34. The Kier molecular flexibility index (Phi) is 5.10. The van der Waals surface area contributed by atoms with Gasteiger partial charge in [-0.25, -0.2) is 0 Å². The number of hydrogen-bond acceptors (Lipinski definition) is 3. The molecule has 1 N–H and O–H groups in total. The van der Waals surface area contributed by atoms with Crippen LogP contribution in [0, 0.1) is 0 Å². The van der Waals surface area contributed by atoms with Crippen molar-refractivity contribution in [2.24, 2.45) is 0 Å². The van der Waals surface area contributed by atoms with Gasteiger partial charge in [-0.1, -0.05) is 6.07 Å². The number of rotatable bonds is 1. The van der Waals surface area contributed by atoms with E-state index in [-0.39, 0.29) is 23.1 Å². The summed E-state index contributed by atoms with van der Waals surface area (Å²) in [7, 11) is 0. The van der Waals surface area contributed by atoms with Gasteiger partial charge < -0.3 is 10.2 Å². The Bertz CT molecular complexity index is 533. The number of nitrogens with one attached hydrogen (secondary N) is 1. The first kappa shape index (κ1) is 16.5. The number of benzene rings is 1. The van der Waals surface area contributed by atoms with Gasteiger partial charge in [-0.15, -0.1) is 12.4 Å². The second kappa shape index (κ2) is 6.49. The van der Waals surface area contributed by atoms with Gasteiger partial charge in [0.15, 0.2) is 0 Å². The Morgan fingerprint density at radius 2 is 2.19 bits per heavy atom. The summed E-state index contributed by atoms with van der Waals surface area (Å²) in [6, 6.07) is 6.07. The van der Waals surface area contributed by atoms with Gasteiger partial charge in [0, 0.05) is 41.4 Å². The standard InChI is InChI=1S/C16H22N2OS.ClH/c1-16(2)11-18(9-10-20-16)15(19)13-5-3-7-14-12(13)6-4-8-17-14;/h3,5,7,17H,4,6,8-11H2,1-2H3;1H. The van der Waals surface area contributed by atoms with E-state index < -0.39 is 0 Å². The molecule has 1 amide bonds. The zero-order chi connectivity index (χ0) is 14.2. The van der Waals surface area contributed by atoms with Gasteiger partial charge in [-0.2, -0.15) is 11.8 Å². The van der Waals surface area contributed by atoms with Gasteiger partial charge in [0.1, 0.15) is 0 Å². The highest BCUT2D eigenvalue weighted by Gasteiger charge is 2.31. The molecule has 0 spiro atoms. The summed E-state index contributed by atoms with van der Waals surface area (Å²) >= 11 is 1.96. The maximum atomic E-state index is 12.8. The molecular weight excluding hydrogens is 304 g/mol. The van der Waals surface area contributed by atoms with Crippen LogP contribution < -0.4 is 5.32 Å². The molecule has 21 heavy (non-hydrogen) atoms. The van der Waals surface area contributed by atoms with E-state index in [1.54, 1.807) is 0 Å². The molecule has 2 heterocycles. The molecule has 3 rings (SSSR count). The highest BCUT2D eigenvalue weighted by Crippen LogP contribution is 2.32. The molecule has 0 saturated carbocycles. The summed E-state index contributed by atoms with van der Waals surface area (Å²) < 4.78 is 0.168. The normalized spacial score (nSPS) is 20.0. The molecule has 0 bridgehead atoms. The van der Waals surface area contributed by atoms with Crippen LogP contribution in [0.15, 0.2) is 18.2 Å². The number of anilines is 1. The van der Waals surface area contributed by atoms with Crippen molar-refractivity contribution in [2.75, 3.05) is 30.7 Å². The topological polar surface area (TPSA) is 32.3 Å². The summed E-state index contributed by atoms with van der Waals surface area (Å²) in [5, 5.41) is 3.40. The van der Waals surface area contributed by atoms with Crippen LogP contribution in [-0.2, 0) is 6.42 Å². The summed E-state index contributed by atoms with van der Waals surface area (Å²) in [4.78, 5) is 14.9. The van der Waals surface area contributed by atoms with Crippen molar-refractivity contribution < 1.29 is 4.79 Å². The lowest BCUT2D eigenvalue weighted by atomic mass is 9.96. The maximum absolute atomic E-state index is 12.8. The summed E-state index contributed by atoms with van der Waals surface area (Å²) in [6.45, 7) is 7.16. The van der Waals surface area contributed by atoms with Crippen LogP contribution >= 0.6 is 24.2 Å². The number of thioether (sulfide) groups is 1. The van der Waals surface area contributed by atoms with Crippen LogP contribution in [0.1, 0.15) is 36.2 Å². The van der Waals surface area contributed by atoms with E-state index in [1.165, 1.54) is 5.56 Å². The second-order valence-electron chi connectivity index (χ2n) is 6.20. The molecule has 0 aliphatic carbocycles. The largest absolute Gasteiger partial charge is 0.385 e. The quantitative estimate of drug-likeness (QED) is 0.858. The number of amides is 1. The average Bonchev–Trinajstić information content (AvgIpc) is 2.45. The number of halogens is 1. The lowest BCUT2D eigenvalue weighted by Crippen LogP contribution is -2.46. The highest BCUT2D eigenvalue weighted by atomic mass is 35.5. The molecule has 1 fully saturated rings. The van der Waals surface area contributed by atoms with Gasteiger partial charge >= 0.3 is 0 Å². The zero-order valence-corrected chi connectivity index (χ0v) is 14.3. The van der Waals surface area contributed by atoms with E-state index in [1.807, 2.05) is 28.8 Å². The first-order chi connectivity index (χ1) is 9.57. The lowest BCUT2D eigenvalue weighted by Gasteiger charge is -2.38. The van der Waals surface area contributed by atoms with E-state index in [0.29, 0.717) is 0 Å². The van der Waals surface area contributed by atoms with Crippen LogP contribution in [0.3, 0.4) is 0 Å². The maximum Gasteiger partial charge on any atom is 0.254 e. The minimum Gasteiger partial charge on any atom is -0.385 e. The Labute approximate surface area is 137 Å². The molecule has 116 valence electrons. The molecule has 0 atom stereocenters. The highest BCUT2D eigenvalue weighted by molar-refractivity contribution is 8.00. The van der Waals surface area contributed by atoms with Gasteiger partial charge in [0.05, 0.1) is 0 Å². The van der Waals surface area contributed by atoms with Gasteiger partial charge in [0.25, 0.3) is 5.91 Å². The molecule has 1 aromatic rings. The molecule has 1 aromatic carbocycles. The van der Waals surface area contributed by atoms with Crippen LogP contribution in [0.4, 0.5) is 5.69 Å². The van der Waals surface area contributed by atoms with E-state index in [0.717, 1.165) is 49.5 Å². The third kappa shape index (κ3) is 3.49. The molecule has 0 radical (unpaired) electrons. The predicted molar refractivity (Wildman–Crippen MR) is 92.9 cm³/mol. The first-order valence-corrected chi connectivity index (χ1v) is 8.34. The molecular formula is C16H23ClN2OS. The molecule has 3 nitrogen and oxygen atoms in total. The monoisotopic (exact) mass is 326 g/mol. The Balaban J connectivity index is 0.00000161. The number of carbonyl (C=O) groups is 1. The van der Waals surface area contributed by atoms with Gasteiger partial charge in [-0.05, 0) is 44.4 Å². The van der Waals surface area contributed by atoms with Crippen molar-refractivity contribution in [1.82, 2.24) is 4.90 Å². The fourth-order valence-corrected chi connectivity index (χ4v) is 4.18. The number of hydrogen-bond donors (Lipinski definition) is 1. The van der Waals surface area contributed by atoms with E-state index >= 15 is 0 Å². The fraction of sp³-hybridized carbons (Fsp3) is 0.562. The summed E-state index contributed by atoms with van der Waals surface area (Å²) in [5.74, 6) is 1.24. The SMILES string of the molecule is CC1(C)CN(C(=O)c2cccc3c2CCCN3)CCS1.Cl. The number of fused-ring (bicyclic) bond motifs is 1. The fourth-order valence-electron chi connectivity index (χ4n) is 3.07. The molecule has 0 aromatic heterocycles. The molecule has 5 heteroatoms. The molecule has 2 aliphatic rings. The minimum absolute atomic E-state index is 0. The Morgan fingerprint density at radius 3 is 2.95 bits per heavy atom. The van der Waals surface area contributed by atoms with Crippen LogP contribution in [0.5, 0.6) is 0 Å². The van der Waals surface area contributed by atoms with Crippen LogP contribution in [-0.4, -0.2) is 40.9 Å². The lowest BCUT2D eigenvalue weighted by molar-refractivity contribution is 0.0747. The Morgan fingerprint density at radius 1 is 1.38 bits per heavy atom. The van der Waals surface area contributed by atoms with Gasteiger partial charge in [0.2, 0.25) is 0 Å². The summed E-state index contributed by atoms with van der Waals surface area (Å²) in [5.41, 5.74) is 3.25. The van der Waals surface area contributed by atoms with E-state index in [9.17, 15) is 4.79 Å². The van der Waals surface area contributed by atoms with Crippen LogP contribution in [0.25, 0.3) is 0 Å². The van der Waals surface area contributed by atoms with Crippen molar-refractivity contribution >= 4 is 35.8 Å². The van der Waals surface area contributed by atoms with Gasteiger partial charge in [-0.3, -0.25) is 4.79 Å².